The highest BCUT2D eigenvalue weighted by Gasteiger charge is 2.08. The number of aryl methyl sites for hydroxylation is 2. The predicted octanol–water partition coefficient (Wildman–Crippen LogP) is 3.46. The minimum absolute atomic E-state index is 0.370. The number of nitrogens with zero attached hydrogens (tertiary/aromatic N) is 2. The lowest BCUT2D eigenvalue weighted by atomic mass is 10.1. The fourth-order valence-corrected chi connectivity index (χ4v) is 1.84. The molecule has 1 aromatic heterocycles. The lowest BCUT2D eigenvalue weighted by Crippen LogP contribution is -2.04. The second-order valence-corrected chi connectivity index (χ2v) is 4.77. The molecule has 2 rings (SSSR count). The van der Waals surface area contributed by atoms with Crippen molar-refractivity contribution in [2.45, 2.75) is 27.4 Å². The first kappa shape index (κ1) is 15.3. The number of benzene rings is 1. The summed E-state index contributed by atoms with van der Waals surface area (Å²) < 4.78 is 11.3. The summed E-state index contributed by atoms with van der Waals surface area (Å²) in [4.78, 5) is 8.73. The fourth-order valence-electron chi connectivity index (χ4n) is 1.84. The van der Waals surface area contributed by atoms with Gasteiger partial charge in [0.05, 0.1) is 0 Å². The maximum atomic E-state index is 5.91. The van der Waals surface area contributed by atoms with E-state index in [4.69, 9.17) is 9.47 Å². The molecule has 2 aromatic rings. The summed E-state index contributed by atoms with van der Waals surface area (Å²) in [7, 11) is 1.81. The molecule has 0 aliphatic rings. The predicted molar refractivity (Wildman–Crippen MR) is 82.9 cm³/mol. The largest absolute Gasteiger partial charge is 0.439 e. The van der Waals surface area contributed by atoms with Crippen molar-refractivity contribution in [2.24, 2.45) is 0 Å². The molecule has 0 atom stereocenters. The number of hydrogen-bond donors (Lipinski definition) is 1. The SMILES string of the molecule is CCOCc1nc(NC)cc(Oc2cc(C)ccc2C)n1. The van der Waals surface area contributed by atoms with Crippen molar-refractivity contribution < 1.29 is 9.47 Å². The number of anilines is 1. The van der Waals surface area contributed by atoms with Crippen LogP contribution in [0.3, 0.4) is 0 Å². The third-order valence-electron chi connectivity index (χ3n) is 3.00. The summed E-state index contributed by atoms with van der Waals surface area (Å²) in [6, 6.07) is 7.86. The van der Waals surface area contributed by atoms with E-state index in [1.54, 1.807) is 6.07 Å². The standard InChI is InChI=1S/C16H21N3O2/c1-5-20-10-15-18-14(17-4)9-16(19-15)21-13-8-11(2)6-7-12(13)3/h6-9H,5,10H2,1-4H3,(H,17,18,19). The molecule has 5 nitrogen and oxygen atoms in total. The molecule has 0 radical (unpaired) electrons. The summed E-state index contributed by atoms with van der Waals surface area (Å²) >= 11 is 0. The Balaban J connectivity index is 2.27. The van der Waals surface area contributed by atoms with Gasteiger partial charge in [-0.1, -0.05) is 12.1 Å². The van der Waals surface area contributed by atoms with Gasteiger partial charge in [-0.05, 0) is 38.0 Å². The molecule has 21 heavy (non-hydrogen) atoms. The van der Waals surface area contributed by atoms with Gasteiger partial charge < -0.3 is 14.8 Å². The van der Waals surface area contributed by atoms with Gasteiger partial charge in [0, 0.05) is 19.7 Å². The first-order valence-corrected chi connectivity index (χ1v) is 7.01. The molecule has 0 bridgehead atoms. The Kier molecular flexibility index (Phi) is 5.11. The second-order valence-electron chi connectivity index (χ2n) is 4.77. The number of aromatic nitrogens is 2. The van der Waals surface area contributed by atoms with Gasteiger partial charge in [-0.15, -0.1) is 0 Å². The number of rotatable bonds is 6. The van der Waals surface area contributed by atoms with E-state index in [-0.39, 0.29) is 0 Å². The van der Waals surface area contributed by atoms with Crippen LogP contribution in [0.25, 0.3) is 0 Å². The monoisotopic (exact) mass is 287 g/mol. The lowest BCUT2D eigenvalue weighted by Gasteiger charge is -2.11. The second kappa shape index (κ2) is 7.04. The van der Waals surface area contributed by atoms with Gasteiger partial charge in [-0.3, -0.25) is 0 Å². The normalized spacial score (nSPS) is 10.5. The van der Waals surface area contributed by atoms with Crippen LogP contribution in [0.5, 0.6) is 11.6 Å². The zero-order valence-corrected chi connectivity index (χ0v) is 12.9. The van der Waals surface area contributed by atoms with E-state index in [0.717, 1.165) is 16.9 Å². The molecular formula is C16H21N3O2. The molecule has 0 aliphatic carbocycles. The molecular weight excluding hydrogens is 266 g/mol. The van der Waals surface area contributed by atoms with Gasteiger partial charge in [0.15, 0.2) is 5.82 Å². The maximum absolute atomic E-state index is 5.91. The van der Waals surface area contributed by atoms with Crippen LogP contribution in [0.2, 0.25) is 0 Å². The Morgan fingerprint density at radius 3 is 2.67 bits per heavy atom. The van der Waals surface area contributed by atoms with E-state index in [0.29, 0.717) is 30.7 Å². The summed E-state index contributed by atoms with van der Waals surface area (Å²) in [5.74, 6) is 2.62. The number of hydrogen-bond acceptors (Lipinski definition) is 5. The smallest absolute Gasteiger partial charge is 0.224 e. The van der Waals surface area contributed by atoms with E-state index in [2.05, 4.69) is 21.4 Å². The number of nitrogens with one attached hydrogen (secondary N) is 1. The van der Waals surface area contributed by atoms with Crippen molar-refractivity contribution in [1.82, 2.24) is 9.97 Å². The molecule has 0 amide bonds. The van der Waals surface area contributed by atoms with Crippen LogP contribution in [0, 0.1) is 13.8 Å². The van der Waals surface area contributed by atoms with Crippen LogP contribution in [-0.2, 0) is 11.3 Å². The molecule has 0 fully saturated rings. The summed E-state index contributed by atoms with van der Waals surface area (Å²) in [5, 5.41) is 3.01. The van der Waals surface area contributed by atoms with Gasteiger partial charge in [-0.2, -0.15) is 4.98 Å². The lowest BCUT2D eigenvalue weighted by molar-refractivity contribution is 0.128. The Morgan fingerprint density at radius 2 is 1.95 bits per heavy atom. The number of ether oxygens (including phenoxy) is 2. The zero-order valence-electron chi connectivity index (χ0n) is 12.9. The average Bonchev–Trinajstić information content (AvgIpc) is 2.48. The van der Waals surface area contributed by atoms with Gasteiger partial charge in [0.2, 0.25) is 5.88 Å². The van der Waals surface area contributed by atoms with E-state index >= 15 is 0 Å². The van der Waals surface area contributed by atoms with Crippen LogP contribution in [-0.4, -0.2) is 23.6 Å². The minimum atomic E-state index is 0.370. The minimum Gasteiger partial charge on any atom is -0.439 e. The van der Waals surface area contributed by atoms with Crippen molar-refractivity contribution in [3.8, 4) is 11.6 Å². The van der Waals surface area contributed by atoms with Gasteiger partial charge in [0.1, 0.15) is 18.2 Å². The Morgan fingerprint density at radius 1 is 1.14 bits per heavy atom. The molecule has 0 spiro atoms. The van der Waals surface area contributed by atoms with Crippen LogP contribution < -0.4 is 10.1 Å². The van der Waals surface area contributed by atoms with Crippen LogP contribution >= 0.6 is 0 Å². The van der Waals surface area contributed by atoms with E-state index in [9.17, 15) is 0 Å². The summed E-state index contributed by atoms with van der Waals surface area (Å²) in [5.41, 5.74) is 2.21. The van der Waals surface area contributed by atoms with Crippen LogP contribution in [0.1, 0.15) is 23.9 Å². The molecule has 1 N–H and O–H groups in total. The molecule has 0 unspecified atom stereocenters. The van der Waals surface area contributed by atoms with Crippen molar-refractivity contribution in [3.63, 3.8) is 0 Å². The fraction of sp³-hybridized carbons (Fsp3) is 0.375. The molecule has 1 heterocycles. The molecule has 0 saturated carbocycles. The highest BCUT2D eigenvalue weighted by molar-refractivity contribution is 5.42. The van der Waals surface area contributed by atoms with Gasteiger partial charge >= 0.3 is 0 Å². The molecule has 0 aliphatic heterocycles. The Labute approximate surface area is 125 Å². The summed E-state index contributed by atoms with van der Waals surface area (Å²) in [6.07, 6.45) is 0. The third kappa shape index (κ3) is 4.16. The van der Waals surface area contributed by atoms with Crippen LogP contribution in [0.4, 0.5) is 5.82 Å². The van der Waals surface area contributed by atoms with Gasteiger partial charge in [0.25, 0.3) is 0 Å². The molecule has 112 valence electrons. The van der Waals surface area contributed by atoms with E-state index in [1.807, 2.05) is 40.0 Å². The quantitative estimate of drug-likeness (QED) is 0.881. The molecule has 1 aromatic carbocycles. The zero-order chi connectivity index (χ0) is 15.2. The molecule has 0 saturated heterocycles. The summed E-state index contributed by atoms with van der Waals surface area (Å²) in [6.45, 7) is 6.98. The first-order valence-electron chi connectivity index (χ1n) is 7.01. The van der Waals surface area contributed by atoms with Crippen molar-refractivity contribution in [2.75, 3.05) is 19.0 Å². The highest BCUT2D eigenvalue weighted by atomic mass is 16.5. The van der Waals surface area contributed by atoms with Gasteiger partial charge in [-0.25, -0.2) is 4.98 Å². The van der Waals surface area contributed by atoms with Crippen molar-refractivity contribution in [3.05, 3.63) is 41.2 Å². The topological polar surface area (TPSA) is 56.3 Å². The maximum Gasteiger partial charge on any atom is 0.224 e. The average molecular weight is 287 g/mol. The Hall–Kier alpha value is -2.14. The van der Waals surface area contributed by atoms with E-state index in [1.165, 1.54) is 0 Å². The first-order chi connectivity index (χ1) is 10.1. The molecule has 5 heteroatoms. The van der Waals surface area contributed by atoms with Crippen molar-refractivity contribution >= 4 is 5.82 Å². The highest BCUT2D eigenvalue weighted by Crippen LogP contribution is 2.26. The third-order valence-corrected chi connectivity index (χ3v) is 3.00. The van der Waals surface area contributed by atoms with Crippen LogP contribution in [0.15, 0.2) is 24.3 Å². The Bertz CT molecular complexity index is 614. The van der Waals surface area contributed by atoms with Crippen molar-refractivity contribution in [1.29, 1.82) is 0 Å². The van der Waals surface area contributed by atoms with E-state index < -0.39 is 0 Å².